The molecule has 3 fully saturated rings. The largest absolute Gasteiger partial charge is 0.0654 e. The average Bonchev–Trinajstić information content (AvgIpc) is 3.47. The van der Waals surface area contributed by atoms with Crippen molar-refractivity contribution in [2.45, 2.75) is 215 Å². The SMILES string of the molecule is CCCCCC(CC1CCCC1)C(CC)C(CC1CCCCC1)CC(C)(CCCCC)C1CCC(CC(C)(C)C)CC1. The normalized spacial score (nSPS) is 26.6. The van der Waals surface area contributed by atoms with Crippen LogP contribution in [0, 0.1) is 52.3 Å². The summed E-state index contributed by atoms with van der Waals surface area (Å²) >= 11 is 0. The molecule has 0 saturated heterocycles. The summed E-state index contributed by atoms with van der Waals surface area (Å²) in [5, 5.41) is 0. The van der Waals surface area contributed by atoms with Gasteiger partial charge in [-0.1, -0.05) is 170 Å². The summed E-state index contributed by atoms with van der Waals surface area (Å²) in [6.07, 6.45) is 39.1. The zero-order valence-electron chi connectivity index (χ0n) is 30.4. The van der Waals surface area contributed by atoms with Gasteiger partial charge in [0.15, 0.2) is 0 Å². The van der Waals surface area contributed by atoms with Gasteiger partial charge >= 0.3 is 0 Å². The van der Waals surface area contributed by atoms with Gasteiger partial charge in [-0.25, -0.2) is 0 Å². The molecular weight excluding hydrogens is 504 g/mol. The first-order chi connectivity index (χ1) is 20.2. The second-order valence-electron chi connectivity index (χ2n) is 18.0. The number of rotatable bonds is 19. The first kappa shape index (κ1) is 36.5. The summed E-state index contributed by atoms with van der Waals surface area (Å²) in [5.74, 6) is 7.00. The van der Waals surface area contributed by atoms with Crippen LogP contribution < -0.4 is 0 Å². The average molecular weight is 585 g/mol. The van der Waals surface area contributed by atoms with Crippen molar-refractivity contribution in [1.82, 2.24) is 0 Å². The van der Waals surface area contributed by atoms with Crippen molar-refractivity contribution in [2.24, 2.45) is 52.3 Å². The lowest BCUT2D eigenvalue weighted by molar-refractivity contribution is 0.0310. The van der Waals surface area contributed by atoms with E-state index in [2.05, 4.69) is 48.5 Å². The molecule has 0 N–H and O–H groups in total. The van der Waals surface area contributed by atoms with Gasteiger partial charge in [0, 0.05) is 0 Å². The Morgan fingerprint density at radius 1 is 0.571 bits per heavy atom. The fourth-order valence-electron chi connectivity index (χ4n) is 10.9. The van der Waals surface area contributed by atoms with Crippen LogP contribution in [-0.4, -0.2) is 0 Å². The Balaban J connectivity index is 1.83. The van der Waals surface area contributed by atoms with Crippen LogP contribution in [0.3, 0.4) is 0 Å². The van der Waals surface area contributed by atoms with Gasteiger partial charge in [-0.2, -0.15) is 0 Å². The van der Waals surface area contributed by atoms with E-state index in [0.29, 0.717) is 10.8 Å². The van der Waals surface area contributed by atoms with E-state index in [1.165, 1.54) is 122 Å². The minimum absolute atomic E-state index is 0.494. The third kappa shape index (κ3) is 12.4. The molecule has 0 aromatic heterocycles. The van der Waals surface area contributed by atoms with Crippen molar-refractivity contribution >= 4 is 0 Å². The lowest BCUT2D eigenvalue weighted by atomic mass is 9.58. The highest BCUT2D eigenvalue weighted by Gasteiger charge is 2.42. The van der Waals surface area contributed by atoms with Crippen molar-refractivity contribution in [3.05, 3.63) is 0 Å². The molecule has 42 heavy (non-hydrogen) atoms. The predicted octanol–water partition coefficient (Wildman–Crippen LogP) is 14.6. The van der Waals surface area contributed by atoms with E-state index in [-0.39, 0.29) is 0 Å². The molecule has 0 amide bonds. The van der Waals surface area contributed by atoms with Crippen LogP contribution in [0.4, 0.5) is 0 Å². The van der Waals surface area contributed by atoms with Gasteiger partial charge < -0.3 is 0 Å². The van der Waals surface area contributed by atoms with Crippen molar-refractivity contribution in [1.29, 1.82) is 0 Å². The molecule has 0 heteroatoms. The van der Waals surface area contributed by atoms with Gasteiger partial charge in [-0.3, -0.25) is 0 Å². The molecule has 0 bridgehead atoms. The van der Waals surface area contributed by atoms with E-state index in [1.54, 1.807) is 44.9 Å². The number of unbranched alkanes of at least 4 members (excludes halogenated alkanes) is 4. The zero-order chi connectivity index (χ0) is 30.4. The Hall–Kier alpha value is 0. The molecule has 0 aromatic carbocycles. The van der Waals surface area contributed by atoms with E-state index in [0.717, 1.165) is 41.4 Å². The molecule has 0 aliphatic heterocycles. The van der Waals surface area contributed by atoms with E-state index in [1.807, 2.05) is 0 Å². The van der Waals surface area contributed by atoms with Gasteiger partial charge in [0.25, 0.3) is 0 Å². The van der Waals surface area contributed by atoms with Crippen LogP contribution in [0.1, 0.15) is 215 Å². The summed E-state index contributed by atoms with van der Waals surface area (Å²) in [6, 6.07) is 0. The first-order valence-electron chi connectivity index (χ1n) is 20.2. The van der Waals surface area contributed by atoms with Crippen molar-refractivity contribution in [3.63, 3.8) is 0 Å². The van der Waals surface area contributed by atoms with Crippen LogP contribution in [-0.2, 0) is 0 Å². The second kappa shape index (κ2) is 18.8. The van der Waals surface area contributed by atoms with Gasteiger partial charge in [0.2, 0.25) is 0 Å². The fourth-order valence-corrected chi connectivity index (χ4v) is 10.9. The number of hydrogen-bond donors (Lipinski definition) is 0. The van der Waals surface area contributed by atoms with Gasteiger partial charge in [0.1, 0.15) is 0 Å². The maximum atomic E-state index is 2.83. The Morgan fingerprint density at radius 3 is 1.67 bits per heavy atom. The maximum Gasteiger partial charge on any atom is -0.0295 e. The molecule has 3 saturated carbocycles. The third-order valence-electron chi connectivity index (χ3n) is 13.1. The molecular formula is C42H80. The van der Waals surface area contributed by atoms with Crippen LogP contribution in [0.2, 0.25) is 0 Å². The molecule has 0 heterocycles. The molecule has 3 rings (SSSR count). The Bertz CT molecular complexity index is 665. The highest BCUT2D eigenvalue weighted by molar-refractivity contribution is 4.92. The van der Waals surface area contributed by atoms with E-state index in [9.17, 15) is 0 Å². The van der Waals surface area contributed by atoms with Gasteiger partial charge in [-0.05, 0) is 97.2 Å². The molecule has 0 nitrogen and oxygen atoms in total. The minimum Gasteiger partial charge on any atom is -0.0654 e. The molecule has 3 aliphatic carbocycles. The highest BCUT2D eigenvalue weighted by Crippen LogP contribution is 2.52. The molecule has 248 valence electrons. The summed E-state index contributed by atoms with van der Waals surface area (Å²) in [6.45, 7) is 17.7. The van der Waals surface area contributed by atoms with Gasteiger partial charge in [0.05, 0.1) is 0 Å². The van der Waals surface area contributed by atoms with Crippen LogP contribution in [0.15, 0.2) is 0 Å². The Labute approximate surface area is 267 Å². The summed E-state index contributed by atoms with van der Waals surface area (Å²) < 4.78 is 0. The van der Waals surface area contributed by atoms with E-state index < -0.39 is 0 Å². The molecule has 3 aliphatic rings. The maximum absolute atomic E-state index is 2.83. The fraction of sp³-hybridized carbons (Fsp3) is 1.00. The summed E-state index contributed by atoms with van der Waals surface area (Å²) in [7, 11) is 0. The van der Waals surface area contributed by atoms with Crippen LogP contribution >= 0.6 is 0 Å². The summed E-state index contributed by atoms with van der Waals surface area (Å²) in [5.41, 5.74) is 1.06. The summed E-state index contributed by atoms with van der Waals surface area (Å²) in [4.78, 5) is 0. The third-order valence-corrected chi connectivity index (χ3v) is 13.1. The molecule has 0 aromatic rings. The molecule has 4 atom stereocenters. The van der Waals surface area contributed by atoms with E-state index >= 15 is 0 Å². The lowest BCUT2D eigenvalue weighted by Crippen LogP contribution is -2.37. The smallest absolute Gasteiger partial charge is 0.0295 e. The van der Waals surface area contributed by atoms with Crippen LogP contribution in [0.5, 0.6) is 0 Å². The van der Waals surface area contributed by atoms with E-state index in [4.69, 9.17) is 0 Å². The Morgan fingerprint density at radius 2 is 1.12 bits per heavy atom. The topological polar surface area (TPSA) is 0 Å². The number of hydrogen-bond acceptors (Lipinski definition) is 0. The Kier molecular flexibility index (Phi) is 16.4. The van der Waals surface area contributed by atoms with Crippen molar-refractivity contribution in [3.8, 4) is 0 Å². The predicted molar refractivity (Wildman–Crippen MR) is 189 cm³/mol. The molecule has 0 radical (unpaired) electrons. The van der Waals surface area contributed by atoms with Gasteiger partial charge in [-0.15, -0.1) is 0 Å². The zero-order valence-corrected chi connectivity index (χ0v) is 30.4. The van der Waals surface area contributed by atoms with Crippen molar-refractivity contribution < 1.29 is 0 Å². The molecule has 4 unspecified atom stereocenters. The van der Waals surface area contributed by atoms with Crippen LogP contribution in [0.25, 0.3) is 0 Å². The van der Waals surface area contributed by atoms with Crippen molar-refractivity contribution in [2.75, 3.05) is 0 Å². The quantitative estimate of drug-likeness (QED) is 0.132. The highest BCUT2D eigenvalue weighted by atomic mass is 14.5. The molecule has 0 spiro atoms. The minimum atomic E-state index is 0.494. The standard InChI is InChI=1S/C42H80/c1-8-11-14-24-37(30-34-22-17-18-23-34)40(10-3)38(31-35-20-15-13-16-21-35)33-42(7,29-19-12-9-2)39-27-25-36(26-28-39)32-41(4,5)6/h34-40H,8-33H2,1-7H3. The lowest BCUT2D eigenvalue weighted by Gasteiger charge is -2.47. The first-order valence-corrected chi connectivity index (χ1v) is 20.2. The second-order valence-corrected chi connectivity index (χ2v) is 18.0. The monoisotopic (exact) mass is 585 g/mol.